The highest BCUT2D eigenvalue weighted by atomic mass is 32.2. The van der Waals surface area contributed by atoms with Gasteiger partial charge in [-0.2, -0.15) is 0 Å². The maximum atomic E-state index is 10.3. The van der Waals surface area contributed by atoms with Crippen molar-refractivity contribution in [2.75, 3.05) is 18.8 Å². The Labute approximate surface area is 142 Å². The van der Waals surface area contributed by atoms with E-state index in [1.165, 1.54) is 5.56 Å². The zero-order valence-corrected chi connectivity index (χ0v) is 13.9. The lowest BCUT2D eigenvalue weighted by molar-refractivity contribution is -0.131. The molecule has 1 aliphatic heterocycles. The topological polar surface area (TPSA) is 41.5 Å². The van der Waals surface area contributed by atoms with Crippen LogP contribution in [0.3, 0.4) is 0 Å². The minimum atomic E-state index is -0.753. The lowest BCUT2D eigenvalue weighted by Gasteiger charge is -2.33. The Morgan fingerprint density at radius 2 is 1.78 bits per heavy atom. The van der Waals surface area contributed by atoms with Crippen LogP contribution in [0.1, 0.15) is 17.9 Å². The second-order valence-corrected chi connectivity index (χ2v) is 6.86. The highest BCUT2D eigenvalue weighted by Gasteiger charge is 2.28. The summed E-state index contributed by atoms with van der Waals surface area (Å²) in [5.41, 5.74) is 1.29. The van der Waals surface area contributed by atoms with Gasteiger partial charge in [-0.3, -0.25) is 0 Å². The first-order valence-corrected chi connectivity index (χ1v) is 9.08. The first-order valence-electron chi connectivity index (χ1n) is 8.10. The average molecular weight is 329 g/mol. The summed E-state index contributed by atoms with van der Waals surface area (Å²) < 4.78 is 5.95. The summed E-state index contributed by atoms with van der Waals surface area (Å²) in [6, 6.07) is 20.6. The second kappa shape index (κ2) is 8.50. The number of piperidine rings is 1. The van der Waals surface area contributed by atoms with Crippen molar-refractivity contribution in [2.45, 2.75) is 29.6 Å². The fourth-order valence-electron chi connectivity index (χ4n) is 2.98. The van der Waals surface area contributed by atoms with Crippen LogP contribution < -0.4 is 5.32 Å². The molecule has 122 valence electrons. The number of aliphatic hydroxyl groups is 1. The van der Waals surface area contributed by atoms with Crippen LogP contribution in [0.4, 0.5) is 0 Å². The fraction of sp³-hybridized carbons (Fsp3) is 0.368. The zero-order chi connectivity index (χ0) is 15.9. The molecule has 23 heavy (non-hydrogen) atoms. The lowest BCUT2D eigenvalue weighted by Crippen LogP contribution is -2.43. The molecule has 2 N–H and O–H groups in total. The fourth-order valence-corrected chi connectivity index (χ4v) is 3.74. The smallest absolute Gasteiger partial charge is 0.164 e. The Kier molecular flexibility index (Phi) is 6.11. The Hall–Kier alpha value is -1.33. The van der Waals surface area contributed by atoms with E-state index >= 15 is 0 Å². The second-order valence-electron chi connectivity index (χ2n) is 5.76. The standard InChI is InChI=1S/C19H23NO2S/c21-19(14-23-16-9-5-2-6-10-16)22-18-13-20-12-11-17(18)15-7-3-1-4-8-15/h1-10,17-21H,11-14H2. The van der Waals surface area contributed by atoms with Gasteiger partial charge in [-0.1, -0.05) is 48.5 Å². The normalized spacial score (nSPS) is 22.7. The number of nitrogens with one attached hydrogen (secondary N) is 1. The monoisotopic (exact) mass is 329 g/mol. The molecule has 3 nitrogen and oxygen atoms in total. The van der Waals surface area contributed by atoms with Crippen molar-refractivity contribution in [3.05, 3.63) is 66.2 Å². The number of hydrogen-bond acceptors (Lipinski definition) is 4. The SMILES string of the molecule is OC(CSc1ccccc1)OC1CNCCC1c1ccccc1. The van der Waals surface area contributed by atoms with E-state index in [-0.39, 0.29) is 6.10 Å². The van der Waals surface area contributed by atoms with Crippen LogP contribution >= 0.6 is 11.8 Å². The van der Waals surface area contributed by atoms with Crippen LogP contribution in [-0.2, 0) is 4.74 Å². The molecule has 3 atom stereocenters. The summed E-state index contributed by atoms with van der Waals surface area (Å²) in [4.78, 5) is 1.15. The number of aliphatic hydroxyl groups excluding tert-OH is 1. The van der Waals surface area contributed by atoms with Gasteiger partial charge in [0.25, 0.3) is 0 Å². The van der Waals surface area contributed by atoms with E-state index in [1.807, 2.05) is 36.4 Å². The summed E-state index contributed by atoms with van der Waals surface area (Å²) in [6.45, 7) is 1.78. The molecule has 0 saturated carbocycles. The van der Waals surface area contributed by atoms with Gasteiger partial charge in [0.1, 0.15) is 0 Å². The number of ether oxygens (including phenoxy) is 1. The molecular weight excluding hydrogens is 306 g/mol. The third-order valence-electron chi connectivity index (χ3n) is 4.12. The van der Waals surface area contributed by atoms with Gasteiger partial charge in [-0.25, -0.2) is 0 Å². The van der Waals surface area contributed by atoms with Gasteiger partial charge in [0, 0.05) is 23.1 Å². The van der Waals surface area contributed by atoms with Crippen molar-refractivity contribution < 1.29 is 9.84 Å². The first kappa shape index (κ1) is 16.5. The van der Waals surface area contributed by atoms with Gasteiger partial charge in [0.05, 0.1) is 6.10 Å². The molecular formula is C19H23NO2S. The van der Waals surface area contributed by atoms with E-state index in [9.17, 15) is 5.11 Å². The van der Waals surface area contributed by atoms with Gasteiger partial charge in [0.15, 0.2) is 6.29 Å². The quantitative estimate of drug-likeness (QED) is 0.630. The van der Waals surface area contributed by atoms with Crippen LogP contribution in [0, 0.1) is 0 Å². The molecule has 2 aromatic rings. The van der Waals surface area contributed by atoms with Crippen LogP contribution in [-0.4, -0.2) is 36.3 Å². The van der Waals surface area contributed by atoms with Crippen LogP contribution in [0.5, 0.6) is 0 Å². The third-order valence-corrected chi connectivity index (χ3v) is 5.18. The maximum absolute atomic E-state index is 10.3. The van der Waals surface area contributed by atoms with Crippen molar-refractivity contribution in [2.24, 2.45) is 0 Å². The van der Waals surface area contributed by atoms with Gasteiger partial charge in [-0.05, 0) is 30.7 Å². The molecule has 0 aromatic heterocycles. The van der Waals surface area contributed by atoms with Gasteiger partial charge < -0.3 is 15.2 Å². The minimum Gasteiger partial charge on any atom is -0.367 e. The van der Waals surface area contributed by atoms with Crippen LogP contribution in [0.15, 0.2) is 65.6 Å². The Bertz CT molecular complexity index is 578. The zero-order valence-electron chi connectivity index (χ0n) is 13.1. The Morgan fingerprint density at radius 3 is 2.52 bits per heavy atom. The first-order chi connectivity index (χ1) is 11.3. The van der Waals surface area contributed by atoms with E-state index in [2.05, 4.69) is 29.6 Å². The lowest BCUT2D eigenvalue weighted by atomic mass is 9.88. The summed E-state index contributed by atoms with van der Waals surface area (Å²) in [5.74, 6) is 0.885. The molecule has 0 radical (unpaired) electrons. The van der Waals surface area contributed by atoms with Crippen molar-refractivity contribution in [1.82, 2.24) is 5.32 Å². The van der Waals surface area contributed by atoms with E-state index < -0.39 is 6.29 Å². The van der Waals surface area contributed by atoms with Gasteiger partial charge in [0.2, 0.25) is 0 Å². The average Bonchev–Trinajstić information content (AvgIpc) is 2.62. The number of rotatable bonds is 6. The highest BCUT2D eigenvalue weighted by molar-refractivity contribution is 7.99. The number of thioether (sulfide) groups is 1. The van der Waals surface area contributed by atoms with Gasteiger partial charge >= 0.3 is 0 Å². The molecule has 3 unspecified atom stereocenters. The molecule has 1 fully saturated rings. The molecule has 1 heterocycles. The number of hydrogen-bond donors (Lipinski definition) is 2. The van der Waals surface area contributed by atoms with Crippen molar-refractivity contribution in [1.29, 1.82) is 0 Å². The molecule has 0 bridgehead atoms. The predicted octanol–water partition coefficient (Wildman–Crippen LogP) is 3.26. The molecule has 3 rings (SSSR count). The summed E-state index contributed by atoms with van der Waals surface area (Å²) in [7, 11) is 0. The van der Waals surface area contributed by atoms with E-state index in [0.717, 1.165) is 24.4 Å². The van der Waals surface area contributed by atoms with E-state index in [0.29, 0.717) is 11.7 Å². The summed E-state index contributed by atoms with van der Waals surface area (Å²) in [5, 5.41) is 13.6. The summed E-state index contributed by atoms with van der Waals surface area (Å²) in [6.07, 6.45) is 0.293. The molecule has 1 saturated heterocycles. The maximum Gasteiger partial charge on any atom is 0.164 e. The molecule has 2 aromatic carbocycles. The number of benzene rings is 2. The van der Waals surface area contributed by atoms with Crippen LogP contribution in [0.2, 0.25) is 0 Å². The Morgan fingerprint density at radius 1 is 1.09 bits per heavy atom. The Balaban J connectivity index is 1.56. The molecule has 0 spiro atoms. The largest absolute Gasteiger partial charge is 0.367 e. The molecule has 4 heteroatoms. The van der Waals surface area contributed by atoms with Crippen molar-refractivity contribution in [3.8, 4) is 0 Å². The molecule has 1 aliphatic rings. The van der Waals surface area contributed by atoms with E-state index in [4.69, 9.17) is 4.74 Å². The molecule has 0 aliphatic carbocycles. The third kappa shape index (κ3) is 4.82. The highest BCUT2D eigenvalue weighted by Crippen LogP contribution is 2.29. The summed E-state index contributed by atoms with van der Waals surface area (Å²) >= 11 is 1.62. The minimum absolute atomic E-state index is 0.0116. The van der Waals surface area contributed by atoms with Crippen LogP contribution in [0.25, 0.3) is 0 Å². The van der Waals surface area contributed by atoms with Crippen molar-refractivity contribution in [3.63, 3.8) is 0 Å². The predicted molar refractivity (Wildman–Crippen MR) is 94.7 cm³/mol. The van der Waals surface area contributed by atoms with Crippen molar-refractivity contribution >= 4 is 11.8 Å². The van der Waals surface area contributed by atoms with E-state index in [1.54, 1.807) is 11.8 Å². The van der Waals surface area contributed by atoms with Gasteiger partial charge in [-0.15, -0.1) is 11.8 Å². The molecule has 0 amide bonds.